The van der Waals surface area contributed by atoms with Crippen LogP contribution >= 0.6 is 11.6 Å². The number of nitrogens with one attached hydrogen (secondary N) is 1. The van der Waals surface area contributed by atoms with Gasteiger partial charge in [0.1, 0.15) is 0 Å². The number of hydrogen-bond acceptors (Lipinski definition) is 3. The molecule has 0 unspecified atom stereocenters. The summed E-state index contributed by atoms with van der Waals surface area (Å²) in [6.07, 6.45) is 0.585. The highest BCUT2D eigenvalue weighted by molar-refractivity contribution is 6.30. The minimum Gasteiger partial charge on any atom is -0.314 e. The van der Waals surface area contributed by atoms with Gasteiger partial charge in [-0.3, -0.25) is 4.79 Å². The van der Waals surface area contributed by atoms with Crippen molar-refractivity contribution in [2.45, 2.75) is 6.42 Å². The Bertz CT molecular complexity index is 372. The Hall–Kier alpha value is -0.900. The summed E-state index contributed by atoms with van der Waals surface area (Å²) in [5, 5.41) is 3.97. The summed E-state index contributed by atoms with van der Waals surface area (Å²) in [6.45, 7) is 4.97. The SMILES string of the molecule is O=C(CCN1CCNCC1)c1ccc(Cl)cc1. The summed E-state index contributed by atoms with van der Waals surface area (Å²) in [4.78, 5) is 14.2. The molecule has 1 aliphatic rings. The lowest BCUT2D eigenvalue weighted by Gasteiger charge is -2.26. The van der Waals surface area contributed by atoms with E-state index in [1.54, 1.807) is 24.3 Å². The fourth-order valence-corrected chi connectivity index (χ4v) is 2.10. The molecular weight excluding hydrogens is 236 g/mol. The molecule has 1 aromatic carbocycles. The largest absolute Gasteiger partial charge is 0.314 e. The van der Waals surface area contributed by atoms with Crippen molar-refractivity contribution in [3.8, 4) is 0 Å². The summed E-state index contributed by atoms with van der Waals surface area (Å²) < 4.78 is 0. The third kappa shape index (κ3) is 3.80. The number of nitrogens with zero attached hydrogens (tertiary/aromatic N) is 1. The summed E-state index contributed by atoms with van der Waals surface area (Å²) in [5.74, 6) is 0.195. The molecule has 0 radical (unpaired) electrons. The van der Waals surface area contributed by atoms with E-state index in [1.165, 1.54) is 0 Å². The van der Waals surface area contributed by atoms with Crippen LogP contribution in [-0.4, -0.2) is 43.4 Å². The van der Waals surface area contributed by atoms with Gasteiger partial charge in [0, 0.05) is 49.7 Å². The van der Waals surface area contributed by atoms with E-state index in [1.807, 2.05) is 0 Å². The quantitative estimate of drug-likeness (QED) is 0.830. The lowest BCUT2D eigenvalue weighted by atomic mass is 10.1. The van der Waals surface area contributed by atoms with Crippen LogP contribution in [0.2, 0.25) is 5.02 Å². The smallest absolute Gasteiger partial charge is 0.164 e. The van der Waals surface area contributed by atoms with Crippen LogP contribution in [0.25, 0.3) is 0 Å². The third-order valence-electron chi connectivity index (χ3n) is 3.03. The molecular formula is C13H17ClN2O. The molecule has 4 heteroatoms. The summed E-state index contributed by atoms with van der Waals surface area (Å²) in [7, 11) is 0. The molecule has 1 aliphatic heterocycles. The first kappa shape index (κ1) is 12.6. The Morgan fingerprint density at radius 2 is 1.88 bits per heavy atom. The first-order chi connectivity index (χ1) is 8.25. The first-order valence-corrected chi connectivity index (χ1v) is 6.35. The van der Waals surface area contributed by atoms with Gasteiger partial charge in [0.25, 0.3) is 0 Å². The Labute approximate surface area is 107 Å². The predicted octanol–water partition coefficient (Wildman–Crippen LogP) is 1.82. The van der Waals surface area contributed by atoms with E-state index in [0.29, 0.717) is 11.4 Å². The number of carbonyl (C=O) groups excluding carboxylic acids is 1. The zero-order valence-corrected chi connectivity index (χ0v) is 10.5. The van der Waals surface area contributed by atoms with Crippen molar-refractivity contribution >= 4 is 17.4 Å². The van der Waals surface area contributed by atoms with E-state index in [4.69, 9.17) is 11.6 Å². The molecule has 2 rings (SSSR count). The number of ketones is 1. The van der Waals surface area contributed by atoms with Crippen molar-refractivity contribution in [1.29, 1.82) is 0 Å². The fraction of sp³-hybridized carbons (Fsp3) is 0.462. The van der Waals surface area contributed by atoms with Gasteiger partial charge in [-0.25, -0.2) is 0 Å². The van der Waals surface area contributed by atoms with Gasteiger partial charge in [-0.15, -0.1) is 0 Å². The van der Waals surface area contributed by atoms with Gasteiger partial charge < -0.3 is 10.2 Å². The second-order valence-corrected chi connectivity index (χ2v) is 4.71. The van der Waals surface area contributed by atoms with Gasteiger partial charge in [0.05, 0.1) is 0 Å². The number of carbonyl (C=O) groups is 1. The van der Waals surface area contributed by atoms with Crippen LogP contribution in [0, 0.1) is 0 Å². The summed E-state index contributed by atoms with van der Waals surface area (Å²) >= 11 is 5.79. The van der Waals surface area contributed by atoms with Crippen molar-refractivity contribution in [2.24, 2.45) is 0 Å². The first-order valence-electron chi connectivity index (χ1n) is 5.97. The third-order valence-corrected chi connectivity index (χ3v) is 3.28. The molecule has 0 atom stereocenters. The van der Waals surface area contributed by atoms with Gasteiger partial charge in [0.2, 0.25) is 0 Å². The van der Waals surface area contributed by atoms with Crippen molar-refractivity contribution in [2.75, 3.05) is 32.7 Å². The lowest BCUT2D eigenvalue weighted by molar-refractivity contribution is 0.0960. The Morgan fingerprint density at radius 3 is 2.53 bits per heavy atom. The van der Waals surface area contributed by atoms with Crippen LogP contribution < -0.4 is 5.32 Å². The van der Waals surface area contributed by atoms with Crippen LogP contribution in [0.15, 0.2) is 24.3 Å². The molecule has 1 heterocycles. The number of Topliss-reactive ketones (excluding diaryl/α,β-unsaturated/α-hetero) is 1. The average molecular weight is 253 g/mol. The molecule has 0 aromatic heterocycles. The molecule has 1 fully saturated rings. The van der Waals surface area contributed by atoms with E-state index in [-0.39, 0.29) is 5.78 Å². The standard InChI is InChI=1S/C13H17ClN2O/c14-12-3-1-11(2-4-12)13(17)5-8-16-9-6-15-7-10-16/h1-4,15H,5-10H2. The van der Waals surface area contributed by atoms with Crippen molar-refractivity contribution in [3.05, 3.63) is 34.9 Å². The van der Waals surface area contributed by atoms with Gasteiger partial charge in [-0.2, -0.15) is 0 Å². The van der Waals surface area contributed by atoms with Gasteiger partial charge >= 0.3 is 0 Å². The molecule has 3 nitrogen and oxygen atoms in total. The molecule has 0 bridgehead atoms. The van der Waals surface area contributed by atoms with Gasteiger partial charge in [0.15, 0.2) is 5.78 Å². The molecule has 0 spiro atoms. The van der Waals surface area contributed by atoms with Crippen LogP contribution in [0.3, 0.4) is 0 Å². The topological polar surface area (TPSA) is 32.3 Å². The highest BCUT2D eigenvalue weighted by Gasteiger charge is 2.12. The van der Waals surface area contributed by atoms with Crippen molar-refractivity contribution < 1.29 is 4.79 Å². The van der Waals surface area contributed by atoms with Crippen LogP contribution in [0.1, 0.15) is 16.8 Å². The second kappa shape index (κ2) is 6.15. The van der Waals surface area contributed by atoms with E-state index >= 15 is 0 Å². The Kier molecular flexibility index (Phi) is 4.54. The maximum Gasteiger partial charge on any atom is 0.164 e. The monoisotopic (exact) mass is 252 g/mol. The molecule has 0 amide bonds. The molecule has 92 valence electrons. The van der Waals surface area contributed by atoms with Crippen LogP contribution in [0.5, 0.6) is 0 Å². The minimum absolute atomic E-state index is 0.195. The van der Waals surface area contributed by atoms with Gasteiger partial charge in [-0.1, -0.05) is 11.6 Å². The summed E-state index contributed by atoms with van der Waals surface area (Å²) in [6, 6.07) is 7.12. The molecule has 17 heavy (non-hydrogen) atoms. The number of hydrogen-bond donors (Lipinski definition) is 1. The molecule has 1 aromatic rings. The van der Waals surface area contributed by atoms with Crippen molar-refractivity contribution in [1.82, 2.24) is 10.2 Å². The van der Waals surface area contributed by atoms with Gasteiger partial charge in [-0.05, 0) is 24.3 Å². The highest BCUT2D eigenvalue weighted by atomic mass is 35.5. The average Bonchev–Trinajstić information content (AvgIpc) is 2.38. The van der Waals surface area contributed by atoms with E-state index in [9.17, 15) is 4.79 Å². The minimum atomic E-state index is 0.195. The highest BCUT2D eigenvalue weighted by Crippen LogP contribution is 2.11. The zero-order valence-electron chi connectivity index (χ0n) is 9.79. The zero-order chi connectivity index (χ0) is 12.1. The summed E-state index contributed by atoms with van der Waals surface area (Å²) in [5.41, 5.74) is 0.754. The number of halogens is 1. The molecule has 1 saturated heterocycles. The molecule has 0 aliphatic carbocycles. The Morgan fingerprint density at radius 1 is 1.24 bits per heavy atom. The fourth-order valence-electron chi connectivity index (χ4n) is 1.97. The lowest BCUT2D eigenvalue weighted by Crippen LogP contribution is -2.44. The van der Waals surface area contributed by atoms with E-state index in [2.05, 4.69) is 10.2 Å². The normalized spacial score (nSPS) is 17.0. The predicted molar refractivity (Wildman–Crippen MR) is 69.7 cm³/mol. The number of piperazine rings is 1. The molecule has 1 N–H and O–H groups in total. The maximum atomic E-state index is 11.9. The second-order valence-electron chi connectivity index (χ2n) is 4.27. The maximum absolute atomic E-state index is 11.9. The van der Waals surface area contributed by atoms with E-state index in [0.717, 1.165) is 38.3 Å². The Balaban J connectivity index is 1.82. The number of benzene rings is 1. The van der Waals surface area contributed by atoms with Crippen molar-refractivity contribution in [3.63, 3.8) is 0 Å². The van der Waals surface area contributed by atoms with E-state index < -0.39 is 0 Å². The molecule has 0 saturated carbocycles. The van der Waals surface area contributed by atoms with Crippen LogP contribution in [0.4, 0.5) is 0 Å². The van der Waals surface area contributed by atoms with Crippen LogP contribution in [-0.2, 0) is 0 Å². The number of rotatable bonds is 4.